The normalized spacial score (nSPS) is 10.1. The van der Waals surface area contributed by atoms with Crippen LogP contribution in [0.5, 0.6) is 0 Å². The largest absolute Gasteiger partial charge is 0.399 e. The van der Waals surface area contributed by atoms with Crippen LogP contribution in [0.4, 0.5) is 20.2 Å². The predicted octanol–water partition coefficient (Wildman–Crippen LogP) is 2.24. The van der Waals surface area contributed by atoms with Gasteiger partial charge in [0.15, 0.2) is 0 Å². The fraction of sp³-hybridized carbons (Fsp3) is 0.300. The summed E-state index contributed by atoms with van der Waals surface area (Å²) in [5, 5.41) is 2.69. The monoisotopic (exact) mass is 216 g/mol. The van der Waals surface area contributed by atoms with E-state index in [0.717, 1.165) is 6.92 Å². The first-order valence-electron chi connectivity index (χ1n) is 4.19. The van der Waals surface area contributed by atoms with Gasteiger partial charge in [-0.2, -0.15) is 0 Å². The lowest BCUT2D eigenvalue weighted by molar-refractivity contribution is -0.0980. The molecule has 1 aromatic carbocycles. The Bertz CT molecular complexity index is 324. The summed E-state index contributed by atoms with van der Waals surface area (Å²) in [4.78, 5) is 8.00. The minimum atomic E-state index is -2.87. The molecule has 0 fully saturated rings. The zero-order chi connectivity index (χ0) is 12.1. The van der Waals surface area contributed by atoms with Crippen LogP contribution >= 0.6 is 0 Å². The molecule has 0 saturated heterocycles. The van der Waals surface area contributed by atoms with Gasteiger partial charge in [0.05, 0.1) is 0 Å². The number of carbonyl (C=O) groups excluding carboxylic acids is 1. The van der Waals surface area contributed by atoms with Gasteiger partial charge in [0.2, 0.25) is 0 Å². The first kappa shape index (κ1) is 13.4. The predicted molar refractivity (Wildman–Crippen MR) is 57.1 cm³/mol. The molecule has 0 radical (unpaired) electrons. The number of hydrogen-bond donors (Lipinski definition) is 2. The number of alkyl halides is 2. The van der Waals surface area contributed by atoms with E-state index in [-0.39, 0.29) is 5.56 Å². The molecule has 0 heterocycles. The Morgan fingerprint density at radius 1 is 1.40 bits per heavy atom. The van der Waals surface area contributed by atoms with Crippen LogP contribution in [-0.2, 0) is 10.7 Å². The lowest BCUT2D eigenvalue weighted by Gasteiger charge is -2.15. The number of anilines is 2. The molecule has 0 aromatic heterocycles. The molecule has 0 saturated carbocycles. The number of nitrogen functional groups attached to an aromatic ring is 1. The Morgan fingerprint density at radius 3 is 2.33 bits per heavy atom. The number of benzene rings is 1. The van der Waals surface area contributed by atoms with Crippen molar-refractivity contribution in [1.29, 1.82) is 0 Å². The Balaban J connectivity index is 0.000000921. The van der Waals surface area contributed by atoms with Crippen LogP contribution in [0.3, 0.4) is 0 Å². The molecule has 0 aliphatic heterocycles. The first-order chi connectivity index (χ1) is 6.95. The minimum absolute atomic E-state index is 0.0741. The van der Waals surface area contributed by atoms with Crippen molar-refractivity contribution >= 4 is 18.2 Å². The number of hydrogen-bond acceptors (Lipinski definition) is 3. The molecular formula is C10H14F2N2O. The molecule has 0 aliphatic carbocycles. The summed E-state index contributed by atoms with van der Waals surface area (Å²) in [6.07, 6.45) is 0. The van der Waals surface area contributed by atoms with Gasteiger partial charge in [-0.15, -0.1) is 0 Å². The molecule has 1 aromatic rings. The highest BCUT2D eigenvalue weighted by Crippen LogP contribution is 2.33. The van der Waals surface area contributed by atoms with Crippen molar-refractivity contribution in [1.82, 2.24) is 0 Å². The van der Waals surface area contributed by atoms with Crippen molar-refractivity contribution in [2.45, 2.75) is 12.8 Å². The van der Waals surface area contributed by atoms with E-state index in [1.54, 1.807) is 19.2 Å². The highest BCUT2D eigenvalue weighted by Gasteiger charge is 2.27. The van der Waals surface area contributed by atoms with E-state index in [1.807, 2.05) is 6.79 Å². The Labute approximate surface area is 87.3 Å². The third-order valence-corrected chi connectivity index (χ3v) is 1.79. The summed E-state index contributed by atoms with van der Waals surface area (Å²) in [5.74, 6) is -2.87. The van der Waals surface area contributed by atoms with E-state index in [4.69, 9.17) is 10.5 Å². The van der Waals surface area contributed by atoms with Crippen LogP contribution in [0.15, 0.2) is 18.2 Å². The molecule has 0 bridgehead atoms. The average molecular weight is 216 g/mol. The Morgan fingerprint density at radius 2 is 1.93 bits per heavy atom. The molecule has 84 valence electrons. The van der Waals surface area contributed by atoms with Crippen molar-refractivity contribution in [3.05, 3.63) is 23.8 Å². The second-order valence-electron chi connectivity index (χ2n) is 2.94. The maximum atomic E-state index is 13.0. The van der Waals surface area contributed by atoms with Crippen molar-refractivity contribution in [3.8, 4) is 0 Å². The van der Waals surface area contributed by atoms with Gasteiger partial charge in [0, 0.05) is 30.9 Å². The van der Waals surface area contributed by atoms with Crippen LogP contribution in [0.1, 0.15) is 12.5 Å². The molecule has 5 heteroatoms. The lowest BCUT2D eigenvalue weighted by Crippen LogP contribution is -2.11. The third kappa shape index (κ3) is 3.53. The molecule has 1 rings (SSSR count). The zero-order valence-corrected chi connectivity index (χ0v) is 8.68. The summed E-state index contributed by atoms with van der Waals surface area (Å²) in [6, 6.07) is 4.41. The van der Waals surface area contributed by atoms with E-state index >= 15 is 0 Å². The fourth-order valence-corrected chi connectivity index (χ4v) is 1.14. The first-order valence-corrected chi connectivity index (χ1v) is 4.19. The van der Waals surface area contributed by atoms with E-state index in [9.17, 15) is 8.78 Å². The Kier molecular flexibility index (Phi) is 4.70. The maximum absolute atomic E-state index is 13.0. The minimum Gasteiger partial charge on any atom is -0.399 e. The molecule has 0 aliphatic rings. The van der Waals surface area contributed by atoms with E-state index in [2.05, 4.69) is 5.32 Å². The lowest BCUT2D eigenvalue weighted by atomic mass is 10.1. The van der Waals surface area contributed by atoms with Gasteiger partial charge < -0.3 is 15.8 Å². The second kappa shape index (κ2) is 5.29. The summed E-state index contributed by atoms with van der Waals surface area (Å²) in [7, 11) is 1.60. The van der Waals surface area contributed by atoms with Gasteiger partial charge in [0.1, 0.15) is 6.79 Å². The van der Waals surface area contributed by atoms with Crippen LogP contribution in [0.2, 0.25) is 0 Å². The average Bonchev–Trinajstić information content (AvgIpc) is 2.19. The number of nitrogens with two attached hydrogens (primary N) is 1. The van der Waals surface area contributed by atoms with Crippen molar-refractivity contribution in [2.24, 2.45) is 0 Å². The topological polar surface area (TPSA) is 55.1 Å². The van der Waals surface area contributed by atoms with E-state index in [0.29, 0.717) is 11.4 Å². The van der Waals surface area contributed by atoms with Gasteiger partial charge in [-0.1, -0.05) is 0 Å². The summed E-state index contributed by atoms with van der Waals surface area (Å²) in [5.41, 5.74) is 6.09. The highest BCUT2D eigenvalue weighted by atomic mass is 19.3. The highest BCUT2D eigenvalue weighted by molar-refractivity contribution is 5.59. The fourth-order valence-electron chi connectivity index (χ4n) is 1.14. The van der Waals surface area contributed by atoms with E-state index < -0.39 is 5.92 Å². The van der Waals surface area contributed by atoms with Gasteiger partial charge in [-0.3, -0.25) is 0 Å². The van der Waals surface area contributed by atoms with Crippen LogP contribution in [-0.4, -0.2) is 13.8 Å². The molecule has 3 N–H and O–H groups in total. The van der Waals surface area contributed by atoms with Crippen LogP contribution in [0, 0.1) is 0 Å². The third-order valence-electron chi connectivity index (χ3n) is 1.79. The van der Waals surface area contributed by atoms with Gasteiger partial charge in [0.25, 0.3) is 5.92 Å². The Hall–Kier alpha value is -1.65. The quantitative estimate of drug-likeness (QED) is 0.745. The van der Waals surface area contributed by atoms with Crippen molar-refractivity contribution in [3.63, 3.8) is 0 Å². The molecule has 0 atom stereocenters. The number of rotatable bonds is 2. The molecule has 3 nitrogen and oxygen atoms in total. The molecule has 0 amide bonds. The number of carbonyl (C=O) groups is 1. The van der Waals surface area contributed by atoms with Crippen molar-refractivity contribution < 1.29 is 13.6 Å². The SMILES string of the molecule is C=O.CNc1ccc(N)cc1C(C)(F)F. The van der Waals surface area contributed by atoms with Crippen LogP contribution < -0.4 is 11.1 Å². The van der Waals surface area contributed by atoms with E-state index in [1.165, 1.54) is 6.07 Å². The molecule has 0 spiro atoms. The second-order valence-corrected chi connectivity index (χ2v) is 2.94. The molecular weight excluding hydrogens is 202 g/mol. The van der Waals surface area contributed by atoms with Crippen molar-refractivity contribution in [2.75, 3.05) is 18.1 Å². The maximum Gasteiger partial charge on any atom is 0.272 e. The van der Waals surface area contributed by atoms with Crippen LogP contribution in [0.25, 0.3) is 0 Å². The van der Waals surface area contributed by atoms with Gasteiger partial charge >= 0.3 is 0 Å². The van der Waals surface area contributed by atoms with Gasteiger partial charge in [-0.05, 0) is 18.2 Å². The smallest absolute Gasteiger partial charge is 0.272 e. The number of nitrogens with one attached hydrogen (secondary N) is 1. The summed E-state index contributed by atoms with van der Waals surface area (Å²) in [6.45, 7) is 2.85. The molecule has 15 heavy (non-hydrogen) atoms. The standard InChI is InChI=1S/C9H12F2N2.CH2O/c1-9(10,11)7-5-6(12)3-4-8(7)13-2;1-2/h3-5,13H,12H2,1-2H3;1H2. The zero-order valence-electron chi connectivity index (χ0n) is 8.68. The van der Waals surface area contributed by atoms with Gasteiger partial charge in [-0.25, -0.2) is 8.78 Å². The summed E-state index contributed by atoms with van der Waals surface area (Å²) >= 11 is 0. The molecule has 0 unspecified atom stereocenters. The number of halogens is 2. The summed E-state index contributed by atoms with van der Waals surface area (Å²) < 4.78 is 26.0.